The van der Waals surface area contributed by atoms with Gasteiger partial charge in [0.1, 0.15) is 9.84 Å². The molecule has 4 nitrogen and oxygen atoms in total. The van der Waals surface area contributed by atoms with Crippen LogP contribution in [0.3, 0.4) is 0 Å². The normalized spacial score (nSPS) is 28.8. The van der Waals surface area contributed by atoms with E-state index in [-0.39, 0.29) is 11.8 Å². The van der Waals surface area contributed by atoms with Gasteiger partial charge in [0, 0.05) is 25.4 Å². The fraction of sp³-hybridized carbons (Fsp3) is 1.00. The lowest BCUT2D eigenvalue weighted by Crippen LogP contribution is -2.43. The molecule has 0 heterocycles. The second-order valence-electron chi connectivity index (χ2n) is 6.28. The quantitative estimate of drug-likeness (QED) is 0.772. The Hall–Kier alpha value is -0.130. The first-order valence-corrected chi connectivity index (χ1v) is 9.49. The second-order valence-corrected chi connectivity index (χ2v) is 8.54. The van der Waals surface area contributed by atoms with Crippen molar-refractivity contribution >= 4 is 9.84 Å². The molecule has 0 amide bonds. The zero-order valence-corrected chi connectivity index (χ0v) is 13.5. The summed E-state index contributed by atoms with van der Waals surface area (Å²) in [5, 5.41) is 0. The van der Waals surface area contributed by atoms with Gasteiger partial charge < -0.3 is 10.6 Å². The van der Waals surface area contributed by atoms with Gasteiger partial charge in [-0.3, -0.25) is 0 Å². The molecule has 0 radical (unpaired) electrons. The van der Waals surface area contributed by atoms with Crippen LogP contribution in [0.5, 0.6) is 0 Å². The highest BCUT2D eigenvalue weighted by molar-refractivity contribution is 7.90. The molecule has 19 heavy (non-hydrogen) atoms. The Bertz CT molecular complexity index is 356. The summed E-state index contributed by atoms with van der Waals surface area (Å²) in [5.41, 5.74) is 6.22. The van der Waals surface area contributed by atoms with Crippen LogP contribution < -0.4 is 5.73 Å². The van der Waals surface area contributed by atoms with Crippen molar-refractivity contribution in [1.29, 1.82) is 0 Å². The molecule has 0 bridgehead atoms. The summed E-state index contributed by atoms with van der Waals surface area (Å²) in [6, 6.07) is 0.286. The van der Waals surface area contributed by atoms with Crippen LogP contribution in [-0.4, -0.2) is 51.5 Å². The van der Waals surface area contributed by atoms with E-state index in [1.165, 1.54) is 31.9 Å². The Morgan fingerprint density at radius 2 is 2.00 bits per heavy atom. The molecule has 3 atom stereocenters. The van der Waals surface area contributed by atoms with Crippen LogP contribution in [0.15, 0.2) is 0 Å². The highest BCUT2D eigenvalue weighted by Crippen LogP contribution is 2.31. The van der Waals surface area contributed by atoms with Crippen molar-refractivity contribution in [1.82, 2.24) is 4.90 Å². The van der Waals surface area contributed by atoms with Crippen molar-refractivity contribution < 1.29 is 8.42 Å². The van der Waals surface area contributed by atoms with E-state index in [4.69, 9.17) is 5.73 Å². The van der Waals surface area contributed by atoms with Crippen LogP contribution in [0.4, 0.5) is 0 Å². The lowest BCUT2D eigenvalue weighted by atomic mass is 9.76. The van der Waals surface area contributed by atoms with E-state index in [1.54, 1.807) is 0 Å². The van der Waals surface area contributed by atoms with Gasteiger partial charge in [-0.1, -0.05) is 19.8 Å². The Balaban J connectivity index is 2.40. The smallest absolute Gasteiger partial charge is 0.148 e. The van der Waals surface area contributed by atoms with Crippen LogP contribution in [0.2, 0.25) is 0 Å². The van der Waals surface area contributed by atoms with E-state index < -0.39 is 9.84 Å². The van der Waals surface area contributed by atoms with Gasteiger partial charge in [-0.05, 0) is 38.1 Å². The van der Waals surface area contributed by atoms with Crippen molar-refractivity contribution in [2.75, 3.05) is 32.1 Å². The first kappa shape index (κ1) is 16.9. The molecule has 0 spiro atoms. The van der Waals surface area contributed by atoms with E-state index in [9.17, 15) is 8.42 Å². The average Bonchev–Trinajstić information content (AvgIpc) is 2.30. The van der Waals surface area contributed by atoms with E-state index in [1.807, 2.05) is 7.05 Å². The van der Waals surface area contributed by atoms with Gasteiger partial charge >= 0.3 is 0 Å². The predicted octanol–water partition coefficient (Wildman–Crippen LogP) is 1.51. The average molecular weight is 290 g/mol. The summed E-state index contributed by atoms with van der Waals surface area (Å²) in [6.07, 6.45) is 7.43. The summed E-state index contributed by atoms with van der Waals surface area (Å²) in [4.78, 5) is 2.12. The monoisotopic (exact) mass is 290 g/mol. The minimum absolute atomic E-state index is 0.240. The standard InChI is InChI=1S/C14H30N2O2S/c1-4-5-12-6-7-14(15)13(10-12)11-16(2)8-9-19(3,17)18/h12-14H,4-11,15H2,1-3H3. The number of nitrogens with zero attached hydrogens (tertiary/aromatic N) is 1. The molecule has 3 unspecified atom stereocenters. The maximum Gasteiger partial charge on any atom is 0.148 e. The topological polar surface area (TPSA) is 63.4 Å². The van der Waals surface area contributed by atoms with Crippen LogP contribution in [-0.2, 0) is 9.84 Å². The third kappa shape index (κ3) is 6.72. The number of nitrogens with two attached hydrogens (primary N) is 1. The third-order valence-electron chi connectivity index (χ3n) is 4.24. The van der Waals surface area contributed by atoms with Crippen molar-refractivity contribution in [3.05, 3.63) is 0 Å². The zero-order chi connectivity index (χ0) is 14.5. The van der Waals surface area contributed by atoms with Gasteiger partial charge in [-0.2, -0.15) is 0 Å². The Labute approximate surface area is 118 Å². The van der Waals surface area contributed by atoms with Crippen molar-refractivity contribution in [2.24, 2.45) is 17.6 Å². The second kappa shape index (κ2) is 7.60. The van der Waals surface area contributed by atoms with Gasteiger partial charge in [0.25, 0.3) is 0 Å². The van der Waals surface area contributed by atoms with Gasteiger partial charge in [0.15, 0.2) is 0 Å². The van der Waals surface area contributed by atoms with E-state index in [2.05, 4.69) is 11.8 Å². The summed E-state index contributed by atoms with van der Waals surface area (Å²) in [5.74, 6) is 1.58. The lowest BCUT2D eigenvalue weighted by molar-refractivity contribution is 0.172. The molecule has 0 aromatic carbocycles. The first-order valence-electron chi connectivity index (χ1n) is 7.43. The molecule has 1 aliphatic rings. The van der Waals surface area contributed by atoms with E-state index in [0.717, 1.165) is 18.9 Å². The minimum atomic E-state index is -2.87. The molecule has 1 saturated carbocycles. The summed E-state index contributed by atoms with van der Waals surface area (Å²) in [6.45, 7) is 3.78. The molecule has 2 N–H and O–H groups in total. The molecule has 1 aliphatic carbocycles. The highest BCUT2D eigenvalue weighted by atomic mass is 32.2. The van der Waals surface area contributed by atoms with E-state index in [0.29, 0.717) is 12.5 Å². The Morgan fingerprint density at radius 1 is 1.32 bits per heavy atom. The molecule has 1 fully saturated rings. The molecular weight excluding hydrogens is 260 g/mol. The third-order valence-corrected chi connectivity index (χ3v) is 5.16. The number of rotatable bonds is 7. The minimum Gasteiger partial charge on any atom is -0.327 e. The van der Waals surface area contributed by atoms with Gasteiger partial charge in [-0.25, -0.2) is 8.42 Å². The van der Waals surface area contributed by atoms with Crippen LogP contribution in [0, 0.1) is 11.8 Å². The van der Waals surface area contributed by atoms with Crippen LogP contribution in [0.1, 0.15) is 39.0 Å². The zero-order valence-electron chi connectivity index (χ0n) is 12.6. The maximum atomic E-state index is 11.2. The SMILES string of the molecule is CCCC1CCC(N)C(CN(C)CCS(C)(=O)=O)C1. The summed E-state index contributed by atoms with van der Waals surface area (Å²) >= 11 is 0. The fourth-order valence-electron chi connectivity index (χ4n) is 3.08. The highest BCUT2D eigenvalue weighted by Gasteiger charge is 2.28. The Kier molecular flexibility index (Phi) is 6.77. The van der Waals surface area contributed by atoms with Crippen molar-refractivity contribution in [3.8, 4) is 0 Å². The van der Waals surface area contributed by atoms with Crippen LogP contribution in [0.25, 0.3) is 0 Å². The van der Waals surface area contributed by atoms with Gasteiger partial charge in [0.2, 0.25) is 0 Å². The summed E-state index contributed by atoms with van der Waals surface area (Å²) in [7, 11) is -0.865. The van der Waals surface area contributed by atoms with Crippen LogP contribution >= 0.6 is 0 Å². The summed E-state index contributed by atoms with van der Waals surface area (Å²) < 4.78 is 22.4. The van der Waals surface area contributed by atoms with Gasteiger partial charge in [-0.15, -0.1) is 0 Å². The lowest BCUT2D eigenvalue weighted by Gasteiger charge is -2.36. The number of hydrogen-bond donors (Lipinski definition) is 1. The molecule has 114 valence electrons. The molecule has 1 rings (SSSR count). The van der Waals surface area contributed by atoms with Gasteiger partial charge in [0.05, 0.1) is 5.75 Å². The molecular formula is C14H30N2O2S. The molecule has 5 heteroatoms. The number of hydrogen-bond acceptors (Lipinski definition) is 4. The fourth-order valence-corrected chi connectivity index (χ4v) is 3.72. The molecule has 0 aliphatic heterocycles. The number of sulfone groups is 1. The largest absolute Gasteiger partial charge is 0.327 e. The molecule has 0 saturated heterocycles. The maximum absolute atomic E-state index is 11.2. The molecule has 0 aromatic rings. The van der Waals surface area contributed by atoms with Crippen molar-refractivity contribution in [3.63, 3.8) is 0 Å². The first-order chi connectivity index (χ1) is 8.81. The Morgan fingerprint density at radius 3 is 2.58 bits per heavy atom. The predicted molar refractivity (Wildman–Crippen MR) is 80.9 cm³/mol. The molecule has 0 aromatic heterocycles. The van der Waals surface area contributed by atoms with E-state index >= 15 is 0 Å². The van der Waals surface area contributed by atoms with Crippen molar-refractivity contribution in [2.45, 2.75) is 45.1 Å².